The maximum Gasteiger partial charge on any atom is 0.196 e. The third-order valence-corrected chi connectivity index (χ3v) is 2.67. The molecule has 0 heterocycles. The summed E-state index contributed by atoms with van der Waals surface area (Å²) >= 11 is 0. The number of carbonyl (C=O) groups excluding carboxylic acids is 1. The van der Waals surface area contributed by atoms with Crippen LogP contribution in [0.25, 0.3) is 0 Å². The maximum absolute atomic E-state index is 12.2. The highest BCUT2D eigenvalue weighted by Crippen LogP contribution is 2.25. The molecule has 2 aromatic carbocycles. The van der Waals surface area contributed by atoms with Gasteiger partial charge in [0, 0.05) is 23.5 Å². The number of carbonyl (C=O) groups is 1. The number of ether oxygens (including phenoxy) is 1. The van der Waals surface area contributed by atoms with Gasteiger partial charge in [0.15, 0.2) is 5.78 Å². The molecular formula is C19H10O3. The van der Waals surface area contributed by atoms with Crippen molar-refractivity contribution in [3.05, 3.63) is 59.7 Å². The van der Waals surface area contributed by atoms with E-state index in [1.54, 1.807) is 30.3 Å². The van der Waals surface area contributed by atoms with Gasteiger partial charge in [0.25, 0.3) is 0 Å². The van der Waals surface area contributed by atoms with Crippen molar-refractivity contribution in [2.45, 2.75) is 0 Å². The van der Waals surface area contributed by atoms with E-state index in [2.05, 4.69) is 29.8 Å². The van der Waals surface area contributed by atoms with Gasteiger partial charge >= 0.3 is 0 Å². The van der Waals surface area contributed by atoms with Gasteiger partial charge in [0.2, 0.25) is 0 Å². The van der Waals surface area contributed by atoms with Gasteiger partial charge < -0.3 is 9.84 Å². The van der Waals surface area contributed by atoms with E-state index in [0.29, 0.717) is 11.3 Å². The molecule has 0 saturated heterocycles. The van der Waals surface area contributed by atoms with Gasteiger partial charge in [-0.2, -0.15) is 0 Å². The van der Waals surface area contributed by atoms with E-state index in [1.807, 2.05) is 6.07 Å². The highest BCUT2D eigenvalue weighted by molar-refractivity contribution is 6.10. The SMILES string of the molecule is C#CC#CC#COc1ccc(C(=O)c2ccccc2)c(O)c1. The first kappa shape index (κ1) is 14.8. The van der Waals surface area contributed by atoms with Gasteiger partial charge in [-0.3, -0.25) is 4.79 Å². The quantitative estimate of drug-likeness (QED) is 0.697. The number of phenols is 1. The van der Waals surface area contributed by atoms with E-state index in [4.69, 9.17) is 11.2 Å². The average molecular weight is 286 g/mol. The molecule has 0 aliphatic rings. The van der Waals surface area contributed by atoms with Gasteiger partial charge in [-0.1, -0.05) is 30.3 Å². The summed E-state index contributed by atoms with van der Waals surface area (Å²) in [5, 5.41) is 9.96. The second-order valence-electron chi connectivity index (χ2n) is 4.10. The number of ketones is 1. The molecule has 2 rings (SSSR count). The van der Waals surface area contributed by atoms with Gasteiger partial charge in [-0.05, 0) is 24.0 Å². The lowest BCUT2D eigenvalue weighted by atomic mass is 10.0. The zero-order valence-corrected chi connectivity index (χ0v) is 11.5. The highest BCUT2D eigenvalue weighted by Gasteiger charge is 2.13. The predicted octanol–water partition coefficient (Wildman–Crippen LogP) is 2.60. The number of hydrogen-bond acceptors (Lipinski definition) is 3. The van der Waals surface area contributed by atoms with Crippen LogP contribution in [0.1, 0.15) is 15.9 Å². The molecule has 0 amide bonds. The van der Waals surface area contributed by atoms with Crippen LogP contribution in [-0.2, 0) is 0 Å². The lowest BCUT2D eigenvalue weighted by molar-refractivity contribution is 0.103. The number of aromatic hydroxyl groups is 1. The van der Waals surface area contributed by atoms with Crippen LogP contribution in [0.5, 0.6) is 11.5 Å². The fourth-order valence-electron chi connectivity index (χ4n) is 1.69. The Morgan fingerprint density at radius 2 is 1.82 bits per heavy atom. The first-order valence-corrected chi connectivity index (χ1v) is 6.27. The number of benzene rings is 2. The number of terminal acetylenes is 1. The average Bonchev–Trinajstić information content (AvgIpc) is 2.55. The first-order valence-electron chi connectivity index (χ1n) is 6.27. The van der Waals surface area contributed by atoms with Crippen molar-refractivity contribution >= 4 is 5.78 Å². The topological polar surface area (TPSA) is 46.5 Å². The molecule has 2 aromatic rings. The molecule has 0 fully saturated rings. The standard InChI is InChI=1S/C19H10O3/c1-2-3-4-8-13-22-16-11-12-17(18(20)14-16)19(21)15-9-6-5-7-10-15/h1,5-7,9-12,14,20H. The molecule has 0 aliphatic carbocycles. The maximum atomic E-state index is 12.2. The van der Waals surface area contributed by atoms with Crippen molar-refractivity contribution in [1.82, 2.24) is 0 Å². The fourth-order valence-corrected chi connectivity index (χ4v) is 1.69. The summed E-state index contributed by atoms with van der Waals surface area (Å²) in [6.45, 7) is 0. The normalized spacial score (nSPS) is 8.50. The Kier molecular flexibility index (Phi) is 4.87. The highest BCUT2D eigenvalue weighted by atomic mass is 16.5. The second-order valence-corrected chi connectivity index (χ2v) is 4.10. The molecule has 22 heavy (non-hydrogen) atoms. The molecule has 0 unspecified atom stereocenters. The largest absolute Gasteiger partial charge is 0.507 e. The van der Waals surface area contributed by atoms with E-state index >= 15 is 0 Å². The van der Waals surface area contributed by atoms with E-state index < -0.39 is 0 Å². The molecule has 0 spiro atoms. The molecule has 3 nitrogen and oxygen atoms in total. The Bertz CT molecular complexity index is 851. The van der Waals surface area contributed by atoms with Crippen LogP contribution in [0, 0.1) is 36.2 Å². The lowest BCUT2D eigenvalue weighted by Crippen LogP contribution is -2.01. The fraction of sp³-hybridized carbons (Fsp3) is 0. The molecule has 3 heteroatoms. The van der Waals surface area contributed by atoms with Crippen molar-refractivity contribution in [1.29, 1.82) is 0 Å². The summed E-state index contributed by atoms with van der Waals surface area (Å²) in [6.07, 6.45) is 7.27. The van der Waals surface area contributed by atoms with E-state index in [0.717, 1.165) is 0 Å². The van der Waals surface area contributed by atoms with Crippen LogP contribution in [0.4, 0.5) is 0 Å². The van der Waals surface area contributed by atoms with Crippen molar-refractivity contribution < 1.29 is 14.6 Å². The zero-order chi connectivity index (χ0) is 15.8. The summed E-state index contributed by atoms with van der Waals surface area (Å²) in [6, 6.07) is 13.0. The smallest absolute Gasteiger partial charge is 0.196 e. The molecule has 0 aliphatic heterocycles. The van der Waals surface area contributed by atoms with Crippen molar-refractivity contribution in [3.63, 3.8) is 0 Å². The van der Waals surface area contributed by atoms with Crippen LogP contribution in [0.3, 0.4) is 0 Å². The van der Waals surface area contributed by atoms with Gasteiger partial charge in [0.1, 0.15) is 17.6 Å². The summed E-state index contributed by atoms with van der Waals surface area (Å²) in [4.78, 5) is 12.2. The minimum Gasteiger partial charge on any atom is -0.507 e. The van der Waals surface area contributed by atoms with Crippen molar-refractivity contribution in [3.8, 4) is 47.7 Å². The van der Waals surface area contributed by atoms with E-state index in [9.17, 15) is 9.90 Å². The molecule has 0 aromatic heterocycles. The first-order chi connectivity index (χ1) is 10.7. The van der Waals surface area contributed by atoms with Crippen LogP contribution < -0.4 is 4.74 Å². The second kappa shape index (κ2) is 7.25. The minimum absolute atomic E-state index is 0.178. The van der Waals surface area contributed by atoms with Gasteiger partial charge in [0.05, 0.1) is 5.56 Å². The summed E-state index contributed by atoms with van der Waals surface area (Å²) < 4.78 is 5.07. The van der Waals surface area contributed by atoms with E-state index in [-0.39, 0.29) is 17.1 Å². The zero-order valence-electron chi connectivity index (χ0n) is 11.5. The molecule has 1 N–H and O–H groups in total. The van der Waals surface area contributed by atoms with Crippen LogP contribution >= 0.6 is 0 Å². The van der Waals surface area contributed by atoms with Crippen molar-refractivity contribution in [2.75, 3.05) is 0 Å². The molecule has 0 bridgehead atoms. The Morgan fingerprint density at radius 3 is 2.50 bits per heavy atom. The molecule has 104 valence electrons. The molecular weight excluding hydrogens is 276 g/mol. The number of rotatable bonds is 3. The third-order valence-electron chi connectivity index (χ3n) is 2.67. The summed E-state index contributed by atoms with van der Waals surface area (Å²) in [7, 11) is 0. The Balaban J connectivity index is 2.18. The van der Waals surface area contributed by atoms with Crippen LogP contribution in [0.2, 0.25) is 0 Å². The van der Waals surface area contributed by atoms with Crippen LogP contribution in [0.15, 0.2) is 48.5 Å². The minimum atomic E-state index is -0.268. The number of phenolic OH excluding ortho intramolecular Hbond substituents is 1. The van der Waals surface area contributed by atoms with Crippen LogP contribution in [-0.4, -0.2) is 10.9 Å². The Morgan fingerprint density at radius 1 is 1.05 bits per heavy atom. The monoisotopic (exact) mass is 286 g/mol. The molecule has 0 radical (unpaired) electrons. The van der Waals surface area contributed by atoms with E-state index in [1.165, 1.54) is 12.1 Å². The Hall–Kier alpha value is -3.61. The van der Waals surface area contributed by atoms with Gasteiger partial charge in [-0.15, -0.1) is 6.42 Å². The number of hydrogen-bond donors (Lipinski definition) is 1. The van der Waals surface area contributed by atoms with Crippen molar-refractivity contribution in [2.24, 2.45) is 0 Å². The predicted molar refractivity (Wildman–Crippen MR) is 83.0 cm³/mol. The summed E-state index contributed by atoms with van der Waals surface area (Å²) in [5.41, 5.74) is 0.689. The Labute approximate surface area is 128 Å². The summed E-state index contributed by atoms with van der Waals surface area (Å²) in [5.74, 6) is 9.06. The molecule has 0 saturated carbocycles. The van der Waals surface area contributed by atoms with Gasteiger partial charge in [-0.25, -0.2) is 0 Å². The third kappa shape index (κ3) is 3.70. The lowest BCUT2D eigenvalue weighted by Gasteiger charge is -2.05. The molecule has 0 atom stereocenters.